The van der Waals surface area contributed by atoms with E-state index in [1.807, 2.05) is 18.2 Å². The van der Waals surface area contributed by atoms with Gasteiger partial charge in [0, 0.05) is 24.9 Å². The van der Waals surface area contributed by atoms with Gasteiger partial charge in [-0.25, -0.2) is 0 Å². The minimum Gasteiger partial charge on any atom is -0.372 e. The summed E-state index contributed by atoms with van der Waals surface area (Å²) in [5.41, 5.74) is 12.0. The van der Waals surface area contributed by atoms with Gasteiger partial charge in [-0.3, -0.25) is 0 Å². The predicted molar refractivity (Wildman–Crippen MR) is 77.9 cm³/mol. The number of hydrogen-bond donors (Lipinski definition) is 0. The number of allylic oxidation sites excluding steroid dienone is 3. The lowest BCUT2D eigenvalue weighted by Crippen LogP contribution is -2.25. The third-order valence-electron chi connectivity index (χ3n) is 3.36. The van der Waals surface area contributed by atoms with Crippen molar-refractivity contribution in [3.63, 3.8) is 0 Å². The van der Waals surface area contributed by atoms with E-state index < -0.39 is 0 Å². The Hall–Kier alpha value is -2.12. The zero-order valence-electron chi connectivity index (χ0n) is 11.3. The van der Waals surface area contributed by atoms with E-state index in [0.29, 0.717) is 12.1 Å². The van der Waals surface area contributed by atoms with Gasteiger partial charge in [0.25, 0.3) is 5.71 Å². The molecular weight excluding hydrogens is 234 g/mol. The fourth-order valence-corrected chi connectivity index (χ4v) is 2.21. The Morgan fingerprint density at radius 3 is 2.58 bits per heavy atom. The van der Waals surface area contributed by atoms with Crippen LogP contribution in [0.15, 0.2) is 54.3 Å². The van der Waals surface area contributed by atoms with Gasteiger partial charge in [0.05, 0.1) is 6.42 Å². The molecule has 0 heterocycles. The van der Waals surface area contributed by atoms with Crippen LogP contribution in [0.4, 0.5) is 0 Å². The SMILES string of the molecule is CCN(CCc1ccccc1)C1=CCC(=[N+]=[N-])C=C1. The Morgan fingerprint density at radius 1 is 1.21 bits per heavy atom. The molecule has 0 atom stereocenters. The molecule has 0 radical (unpaired) electrons. The quantitative estimate of drug-likeness (QED) is 0.587. The Balaban J connectivity index is 1.96. The second kappa shape index (κ2) is 6.72. The lowest BCUT2D eigenvalue weighted by atomic mass is 10.1. The van der Waals surface area contributed by atoms with Crippen LogP contribution in [0, 0.1) is 0 Å². The highest BCUT2D eigenvalue weighted by Gasteiger charge is 2.12. The summed E-state index contributed by atoms with van der Waals surface area (Å²) in [7, 11) is 0. The molecule has 1 aliphatic rings. The van der Waals surface area contributed by atoms with Gasteiger partial charge in [-0.05, 0) is 31.1 Å². The molecule has 2 rings (SSSR count). The molecule has 0 aromatic heterocycles. The van der Waals surface area contributed by atoms with Crippen molar-refractivity contribution in [3.05, 3.63) is 65.4 Å². The maximum absolute atomic E-state index is 8.72. The van der Waals surface area contributed by atoms with Crippen molar-refractivity contribution in [1.82, 2.24) is 4.90 Å². The van der Waals surface area contributed by atoms with E-state index >= 15 is 0 Å². The third-order valence-corrected chi connectivity index (χ3v) is 3.36. The third kappa shape index (κ3) is 3.67. The van der Waals surface area contributed by atoms with Gasteiger partial charge in [-0.1, -0.05) is 30.3 Å². The predicted octanol–water partition coefficient (Wildman–Crippen LogP) is 3.07. The summed E-state index contributed by atoms with van der Waals surface area (Å²) in [6.45, 7) is 4.15. The second-order valence-electron chi connectivity index (χ2n) is 4.57. The minimum atomic E-state index is 0.699. The van der Waals surface area contributed by atoms with E-state index in [-0.39, 0.29) is 0 Å². The first-order valence-electron chi connectivity index (χ1n) is 6.71. The smallest absolute Gasteiger partial charge is 0.295 e. The number of hydrogen-bond acceptors (Lipinski definition) is 1. The van der Waals surface area contributed by atoms with E-state index in [2.05, 4.69) is 47.0 Å². The van der Waals surface area contributed by atoms with E-state index in [9.17, 15) is 0 Å². The molecule has 0 bridgehead atoms. The van der Waals surface area contributed by atoms with Crippen LogP contribution in [0.5, 0.6) is 0 Å². The fourth-order valence-electron chi connectivity index (χ4n) is 2.21. The van der Waals surface area contributed by atoms with Gasteiger partial charge in [0.15, 0.2) is 0 Å². The summed E-state index contributed by atoms with van der Waals surface area (Å²) in [5.74, 6) is 0. The van der Waals surface area contributed by atoms with Crippen LogP contribution in [-0.4, -0.2) is 28.5 Å². The van der Waals surface area contributed by atoms with Crippen molar-refractivity contribution >= 4 is 5.71 Å². The van der Waals surface area contributed by atoms with Crippen LogP contribution in [0.2, 0.25) is 0 Å². The summed E-state index contributed by atoms with van der Waals surface area (Å²) >= 11 is 0. The van der Waals surface area contributed by atoms with Crippen molar-refractivity contribution in [1.29, 1.82) is 0 Å². The molecule has 0 aliphatic heterocycles. The second-order valence-corrected chi connectivity index (χ2v) is 4.57. The summed E-state index contributed by atoms with van der Waals surface area (Å²) in [4.78, 5) is 5.57. The Morgan fingerprint density at radius 2 is 2.00 bits per heavy atom. The van der Waals surface area contributed by atoms with E-state index in [4.69, 9.17) is 5.53 Å². The Labute approximate surface area is 114 Å². The van der Waals surface area contributed by atoms with Crippen molar-refractivity contribution in [3.8, 4) is 0 Å². The number of nitrogens with zero attached hydrogens (tertiary/aromatic N) is 3. The average Bonchev–Trinajstić information content (AvgIpc) is 2.49. The highest BCUT2D eigenvalue weighted by Crippen LogP contribution is 2.13. The molecule has 1 aromatic carbocycles. The maximum Gasteiger partial charge on any atom is 0.295 e. The van der Waals surface area contributed by atoms with Crippen LogP contribution in [0.1, 0.15) is 18.9 Å². The molecule has 0 saturated heterocycles. The monoisotopic (exact) mass is 253 g/mol. The standard InChI is InChI=1S/C16H19N3/c1-2-19(13-12-14-6-4-3-5-7-14)16-10-8-15(18-17)9-11-16/h3-8,10-11H,2,9,12-13H2,1H3. The largest absolute Gasteiger partial charge is 0.372 e. The van der Waals surface area contributed by atoms with Crippen LogP contribution < -0.4 is 0 Å². The van der Waals surface area contributed by atoms with Gasteiger partial charge < -0.3 is 10.4 Å². The summed E-state index contributed by atoms with van der Waals surface area (Å²) in [6, 6.07) is 10.5. The molecule has 98 valence electrons. The number of benzene rings is 1. The van der Waals surface area contributed by atoms with Crippen molar-refractivity contribution in [2.45, 2.75) is 19.8 Å². The molecular formula is C16H19N3. The molecule has 3 heteroatoms. The molecule has 1 aromatic rings. The van der Waals surface area contributed by atoms with Crippen LogP contribution >= 0.6 is 0 Å². The first-order valence-corrected chi connectivity index (χ1v) is 6.71. The zero-order valence-corrected chi connectivity index (χ0v) is 11.3. The van der Waals surface area contributed by atoms with Crippen LogP contribution in [0.25, 0.3) is 5.53 Å². The van der Waals surface area contributed by atoms with Crippen molar-refractivity contribution in [2.75, 3.05) is 13.1 Å². The van der Waals surface area contributed by atoms with Gasteiger partial charge in [-0.15, -0.1) is 0 Å². The lowest BCUT2D eigenvalue weighted by molar-refractivity contribution is -0.00547. The molecule has 1 aliphatic carbocycles. The number of likely N-dealkylation sites (N-methyl/N-ethyl adjacent to an activating group) is 1. The maximum atomic E-state index is 8.72. The normalized spacial score (nSPS) is 13.9. The molecule has 19 heavy (non-hydrogen) atoms. The van der Waals surface area contributed by atoms with E-state index in [1.54, 1.807) is 0 Å². The fraction of sp³-hybridized carbons (Fsp3) is 0.312. The van der Waals surface area contributed by atoms with Gasteiger partial charge in [0.1, 0.15) is 0 Å². The lowest BCUT2D eigenvalue weighted by Gasteiger charge is -2.25. The molecule has 0 saturated carbocycles. The van der Waals surface area contributed by atoms with Gasteiger partial charge in [-0.2, -0.15) is 4.79 Å². The topological polar surface area (TPSA) is 39.6 Å². The highest BCUT2D eigenvalue weighted by atomic mass is 15.1. The summed E-state index contributed by atoms with van der Waals surface area (Å²) < 4.78 is 0. The molecule has 0 N–H and O–H groups in total. The Kier molecular flexibility index (Phi) is 4.71. The van der Waals surface area contributed by atoms with Crippen molar-refractivity contribution in [2.24, 2.45) is 0 Å². The zero-order chi connectivity index (χ0) is 13.5. The number of rotatable bonds is 5. The molecule has 0 spiro atoms. The van der Waals surface area contributed by atoms with Gasteiger partial charge >= 0.3 is 0 Å². The highest BCUT2D eigenvalue weighted by molar-refractivity contribution is 5.92. The Bertz CT molecular complexity index is 522. The van der Waals surface area contributed by atoms with Crippen LogP contribution in [-0.2, 0) is 6.42 Å². The summed E-state index contributed by atoms with van der Waals surface area (Å²) in [5, 5.41) is 0. The first kappa shape index (κ1) is 13.3. The van der Waals surface area contributed by atoms with Crippen molar-refractivity contribution < 1.29 is 4.79 Å². The van der Waals surface area contributed by atoms with Crippen LogP contribution in [0.3, 0.4) is 0 Å². The molecule has 0 fully saturated rings. The molecule has 0 unspecified atom stereocenters. The van der Waals surface area contributed by atoms with Gasteiger partial charge in [0.2, 0.25) is 0 Å². The molecule has 0 amide bonds. The molecule has 3 nitrogen and oxygen atoms in total. The average molecular weight is 253 g/mol. The van der Waals surface area contributed by atoms with E-state index in [0.717, 1.165) is 19.5 Å². The first-order chi connectivity index (χ1) is 9.33. The minimum absolute atomic E-state index is 0.699. The summed E-state index contributed by atoms with van der Waals surface area (Å²) in [6.07, 6.45) is 7.75. The van der Waals surface area contributed by atoms with E-state index in [1.165, 1.54) is 11.3 Å².